The molecule has 2 heterocycles. The Morgan fingerprint density at radius 1 is 1.04 bits per heavy atom. The molecular weight excluding hydrogens is 354 g/mol. The summed E-state index contributed by atoms with van der Waals surface area (Å²) in [4.78, 5) is 30.2. The van der Waals surface area contributed by atoms with Crippen molar-refractivity contribution in [3.63, 3.8) is 0 Å². The second-order valence-corrected chi connectivity index (χ2v) is 8.00. The lowest BCUT2D eigenvalue weighted by Gasteiger charge is -2.31. The first-order valence-corrected chi connectivity index (χ1v) is 10.7. The van der Waals surface area contributed by atoms with Crippen LogP contribution in [-0.2, 0) is 11.2 Å². The number of rotatable bonds is 7. The Bertz CT molecular complexity index is 631. The van der Waals surface area contributed by atoms with E-state index in [1.807, 2.05) is 23.1 Å². The first-order valence-electron chi connectivity index (χ1n) is 10.7. The molecule has 0 saturated carbocycles. The van der Waals surface area contributed by atoms with E-state index in [1.54, 1.807) is 0 Å². The van der Waals surface area contributed by atoms with Crippen LogP contribution in [0.4, 0.5) is 4.79 Å². The Labute approximate surface area is 168 Å². The van der Waals surface area contributed by atoms with Gasteiger partial charge in [0.25, 0.3) is 0 Å². The fraction of sp³-hybridized carbons (Fsp3) is 0.636. The fourth-order valence-corrected chi connectivity index (χ4v) is 4.37. The summed E-state index contributed by atoms with van der Waals surface area (Å²) in [6.45, 7) is 4.90. The maximum Gasteiger partial charge on any atom is 0.407 e. The van der Waals surface area contributed by atoms with Gasteiger partial charge in [-0.1, -0.05) is 36.8 Å². The molecule has 1 aromatic rings. The van der Waals surface area contributed by atoms with Crippen LogP contribution >= 0.6 is 0 Å². The highest BCUT2D eigenvalue weighted by Gasteiger charge is 2.31. The van der Waals surface area contributed by atoms with E-state index in [-0.39, 0.29) is 18.4 Å². The van der Waals surface area contributed by atoms with Crippen molar-refractivity contribution >= 4 is 12.0 Å². The molecule has 6 heteroatoms. The van der Waals surface area contributed by atoms with Crippen LogP contribution in [0, 0.1) is 0 Å². The molecule has 2 fully saturated rings. The highest BCUT2D eigenvalue weighted by molar-refractivity contribution is 5.78. The molecule has 0 spiro atoms. The van der Waals surface area contributed by atoms with Gasteiger partial charge < -0.3 is 19.8 Å². The zero-order valence-electron chi connectivity index (χ0n) is 16.8. The van der Waals surface area contributed by atoms with Gasteiger partial charge >= 0.3 is 6.09 Å². The van der Waals surface area contributed by atoms with Gasteiger partial charge in [0.2, 0.25) is 5.91 Å². The molecule has 0 unspecified atom stereocenters. The number of carboxylic acid groups (broad SMARTS) is 1. The van der Waals surface area contributed by atoms with Gasteiger partial charge in [0, 0.05) is 26.1 Å². The Balaban J connectivity index is 1.56. The Kier molecular flexibility index (Phi) is 7.71. The second kappa shape index (κ2) is 10.5. The van der Waals surface area contributed by atoms with Crippen molar-refractivity contribution in [1.29, 1.82) is 0 Å². The first kappa shape index (κ1) is 20.6. The Hall–Kier alpha value is -2.08. The van der Waals surface area contributed by atoms with Crippen molar-refractivity contribution in [2.75, 3.05) is 39.3 Å². The van der Waals surface area contributed by atoms with Crippen molar-refractivity contribution in [2.45, 2.75) is 51.0 Å². The van der Waals surface area contributed by atoms with Gasteiger partial charge in [-0.2, -0.15) is 0 Å². The number of hydrogen-bond donors (Lipinski definition) is 1. The molecule has 2 saturated heterocycles. The van der Waals surface area contributed by atoms with E-state index in [9.17, 15) is 14.7 Å². The quantitative estimate of drug-likeness (QED) is 0.781. The van der Waals surface area contributed by atoms with Crippen LogP contribution in [0.15, 0.2) is 30.3 Å². The predicted octanol–water partition coefficient (Wildman–Crippen LogP) is 3.08. The summed E-state index contributed by atoms with van der Waals surface area (Å²) in [6, 6.07) is 10.0. The van der Waals surface area contributed by atoms with Gasteiger partial charge in [-0.3, -0.25) is 4.79 Å². The Morgan fingerprint density at radius 3 is 2.50 bits per heavy atom. The second-order valence-electron chi connectivity index (χ2n) is 8.00. The number of hydrogen-bond acceptors (Lipinski definition) is 3. The molecule has 0 aromatic heterocycles. The molecule has 2 amide bonds. The maximum atomic E-state index is 12.6. The summed E-state index contributed by atoms with van der Waals surface area (Å²) in [5.74, 6) is 0.0899. The smallest absolute Gasteiger partial charge is 0.407 e. The highest BCUT2D eigenvalue weighted by atomic mass is 16.4. The molecule has 1 aromatic carbocycles. The maximum absolute atomic E-state index is 12.6. The standard InChI is InChI=1S/C22H33N3O3/c26-21-12-17-25(22(27)28)20(11-10-19-8-3-1-4-9-19)18-24(21)16-7-15-23-13-5-2-6-14-23/h1,3-4,8-9,20H,2,5-7,10-18H2,(H,27,28)/t20-/m1/s1. The number of amides is 2. The van der Waals surface area contributed by atoms with Crippen molar-refractivity contribution < 1.29 is 14.7 Å². The monoisotopic (exact) mass is 387 g/mol. The molecule has 3 rings (SSSR count). The van der Waals surface area contributed by atoms with Gasteiger partial charge in [0.1, 0.15) is 0 Å². The minimum Gasteiger partial charge on any atom is -0.465 e. The van der Waals surface area contributed by atoms with E-state index < -0.39 is 6.09 Å². The largest absolute Gasteiger partial charge is 0.465 e. The normalized spacial score (nSPS) is 21.6. The van der Waals surface area contributed by atoms with Crippen molar-refractivity contribution in [1.82, 2.24) is 14.7 Å². The molecule has 2 aliphatic heterocycles. The summed E-state index contributed by atoms with van der Waals surface area (Å²) >= 11 is 0. The lowest BCUT2D eigenvalue weighted by Crippen LogP contribution is -2.45. The van der Waals surface area contributed by atoms with E-state index in [4.69, 9.17) is 0 Å². The van der Waals surface area contributed by atoms with Gasteiger partial charge in [-0.05, 0) is 57.3 Å². The van der Waals surface area contributed by atoms with Crippen molar-refractivity contribution in [2.24, 2.45) is 0 Å². The fourth-order valence-electron chi connectivity index (χ4n) is 4.37. The van der Waals surface area contributed by atoms with Crippen LogP contribution in [0.5, 0.6) is 0 Å². The average Bonchev–Trinajstić information content (AvgIpc) is 2.87. The third kappa shape index (κ3) is 5.96. The van der Waals surface area contributed by atoms with Gasteiger partial charge in [0.15, 0.2) is 0 Å². The molecule has 0 aliphatic carbocycles. The molecule has 0 bridgehead atoms. The number of likely N-dealkylation sites (tertiary alicyclic amines) is 1. The number of carbonyl (C=O) groups is 2. The molecular formula is C22H33N3O3. The van der Waals surface area contributed by atoms with E-state index in [0.29, 0.717) is 13.1 Å². The molecule has 2 aliphatic rings. The van der Waals surface area contributed by atoms with Crippen molar-refractivity contribution in [3.05, 3.63) is 35.9 Å². The topological polar surface area (TPSA) is 64.1 Å². The number of piperidine rings is 1. The minimum atomic E-state index is -0.916. The molecule has 154 valence electrons. The van der Waals surface area contributed by atoms with Gasteiger partial charge in [0.05, 0.1) is 6.04 Å². The van der Waals surface area contributed by atoms with Gasteiger partial charge in [-0.15, -0.1) is 0 Å². The van der Waals surface area contributed by atoms with E-state index in [0.717, 1.165) is 32.4 Å². The Morgan fingerprint density at radius 2 is 1.79 bits per heavy atom. The lowest BCUT2D eigenvalue weighted by molar-refractivity contribution is -0.130. The summed E-state index contributed by atoms with van der Waals surface area (Å²) in [7, 11) is 0. The summed E-state index contributed by atoms with van der Waals surface area (Å²) in [6.07, 6.45) is 5.78. The molecule has 1 N–H and O–H groups in total. The van der Waals surface area contributed by atoms with E-state index in [2.05, 4.69) is 17.0 Å². The molecule has 0 radical (unpaired) electrons. The lowest BCUT2D eigenvalue weighted by atomic mass is 10.0. The van der Waals surface area contributed by atoms with Crippen LogP contribution in [0.25, 0.3) is 0 Å². The van der Waals surface area contributed by atoms with Crippen LogP contribution in [0.3, 0.4) is 0 Å². The number of nitrogens with zero attached hydrogens (tertiary/aromatic N) is 3. The third-order valence-electron chi connectivity index (χ3n) is 6.00. The van der Waals surface area contributed by atoms with Crippen LogP contribution in [0.1, 0.15) is 44.1 Å². The van der Waals surface area contributed by atoms with E-state index in [1.165, 1.54) is 42.8 Å². The zero-order valence-corrected chi connectivity index (χ0v) is 16.8. The SMILES string of the molecule is O=C1CCN(C(=O)O)[C@H](CCc2ccccc2)CN1CCCN1CCCCC1. The number of benzene rings is 1. The van der Waals surface area contributed by atoms with E-state index >= 15 is 0 Å². The van der Waals surface area contributed by atoms with Crippen LogP contribution in [0.2, 0.25) is 0 Å². The third-order valence-corrected chi connectivity index (χ3v) is 6.00. The van der Waals surface area contributed by atoms with Crippen LogP contribution < -0.4 is 0 Å². The minimum absolute atomic E-state index is 0.0899. The zero-order chi connectivity index (χ0) is 19.8. The predicted molar refractivity (Wildman–Crippen MR) is 109 cm³/mol. The van der Waals surface area contributed by atoms with Crippen molar-refractivity contribution in [3.8, 4) is 0 Å². The average molecular weight is 388 g/mol. The highest BCUT2D eigenvalue weighted by Crippen LogP contribution is 2.18. The summed E-state index contributed by atoms with van der Waals surface area (Å²) < 4.78 is 0. The number of carbonyl (C=O) groups excluding carboxylic acids is 1. The first-order chi connectivity index (χ1) is 13.6. The van der Waals surface area contributed by atoms with Gasteiger partial charge in [-0.25, -0.2) is 4.79 Å². The summed E-state index contributed by atoms with van der Waals surface area (Å²) in [5, 5.41) is 9.64. The number of aryl methyl sites for hydroxylation is 1. The molecule has 28 heavy (non-hydrogen) atoms. The molecule has 6 nitrogen and oxygen atoms in total. The summed E-state index contributed by atoms with van der Waals surface area (Å²) in [5.41, 5.74) is 1.21. The molecule has 1 atom stereocenters. The van der Waals surface area contributed by atoms with Crippen LogP contribution in [-0.4, -0.2) is 77.1 Å².